The van der Waals surface area contributed by atoms with Crippen molar-refractivity contribution in [2.75, 3.05) is 32.8 Å². The van der Waals surface area contributed by atoms with Crippen LogP contribution in [0.2, 0.25) is 0 Å². The van der Waals surface area contributed by atoms with Crippen LogP contribution in [0.15, 0.2) is 38.5 Å². The lowest BCUT2D eigenvalue weighted by molar-refractivity contribution is -0.157. The minimum absolute atomic E-state index is 0.0371. The molecule has 3 fully saturated rings. The lowest BCUT2D eigenvalue weighted by atomic mass is 9.85. The maximum atomic E-state index is 11.4. The molecule has 1 N–H and O–H groups in total. The van der Waals surface area contributed by atoms with E-state index in [1.807, 2.05) is 135 Å². The van der Waals surface area contributed by atoms with Gasteiger partial charge < -0.3 is 14.2 Å². The second-order valence-corrected chi connectivity index (χ2v) is 18.8. The van der Waals surface area contributed by atoms with Crippen LogP contribution in [0.3, 0.4) is 0 Å². The highest BCUT2D eigenvalue weighted by atomic mass is 16.5. The van der Waals surface area contributed by atoms with Gasteiger partial charge in [-0.2, -0.15) is 0 Å². The number of nitrogens with one attached hydrogen (secondary N) is 1. The summed E-state index contributed by atoms with van der Waals surface area (Å²) in [5.74, 6) is 1.13. The Balaban J connectivity index is 0.000000655. The fourth-order valence-electron chi connectivity index (χ4n) is 4.43. The molecule has 0 aliphatic carbocycles. The summed E-state index contributed by atoms with van der Waals surface area (Å²) in [4.78, 5) is 72.4. The predicted molar refractivity (Wildman–Crippen MR) is 218 cm³/mol. The normalized spacial score (nSPS) is 15.5. The van der Waals surface area contributed by atoms with Gasteiger partial charge in [-0.1, -0.05) is 108 Å². The van der Waals surface area contributed by atoms with Gasteiger partial charge in [-0.3, -0.25) is 38.4 Å². The zero-order chi connectivity index (χ0) is 43.2. The van der Waals surface area contributed by atoms with Gasteiger partial charge in [0.1, 0.15) is 5.78 Å². The molecule has 0 radical (unpaired) electrons. The molecule has 0 atom stereocenters. The lowest BCUT2D eigenvalue weighted by Crippen LogP contribution is -2.51. The Kier molecular flexibility index (Phi) is 19.9. The number of carbonyl (C=O) groups is 4. The molecule has 3 amide bonds. The Bertz CT molecular complexity index is 1610. The van der Waals surface area contributed by atoms with Gasteiger partial charge in [0.05, 0.1) is 13.2 Å². The second kappa shape index (κ2) is 21.4. The van der Waals surface area contributed by atoms with E-state index in [2.05, 4.69) is 14.7 Å². The van der Waals surface area contributed by atoms with E-state index in [4.69, 9.17) is 4.74 Å². The third-order valence-electron chi connectivity index (χ3n) is 8.24. The van der Waals surface area contributed by atoms with Crippen LogP contribution < -0.4 is 11.3 Å². The number of ketones is 1. The summed E-state index contributed by atoms with van der Waals surface area (Å²) in [6.45, 7) is 37.2. The van der Waals surface area contributed by atoms with Crippen LogP contribution in [-0.2, 0) is 34.9 Å². The number of nitrogens with zero attached hydrogens (tertiary/aromatic N) is 4. The SMILES string of the molecule is CC.CC(C)(C)C(=O)CC1COC1.CC(C)(C)C(=O)N1CCC1.CC(C)(C)C(=O)N1CCC1=O.CC(C)(C)c1noc(=O)[nH]1.CC(C)(C)n1ccccc1=O. The fraction of sp³-hybridized carbons (Fsp3) is 0.738. The third kappa shape index (κ3) is 18.5. The molecule has 13 heteroatoms. The number of aromatic nitrogens is 3. The van der Waals surface area contributed by atoms with E-state index >= 15 is 0 Å². The van der Waals surface area contributed by atoms with Gasteiger partial charge in [-0.15, -0.1) is 0 Å². The van der Waals surface area contributed by atoms with Gasteiger partial charge in [0.2, 0.25) is 17.7 Å². The van der Waals surface area contributed by atoms with Gasteiger partial charge in [0.15, 0.2) is 5.82 Å². The van der Waals surface area contributed by atoms with E-state index in [0.29, 0.717) is 42.8 Å². The van der Waals surface area contributed by atoms with Crippen molar-refractivity contribution in [2.24, 2.45) is 22.2 Å². The number of β-lactam (4-membered cyclic amide) rings is 1. The molecule has 55 heavy (non-hydrogen) atoms. The zero-order valence-electron chi connectivity index (χ0n) is 37.1. The van der Waals surface area contributed by atoms with Crippen LogP contribution in [0.25, 0.3) is 0 Å². The Labute approximate surface area is 329 Å². The van der Waals surface area contributed by atoms with E-state index < -0.39 is 11.2 Å². The quantitative estimate of drug-likeness (QED) is 0.317. The van der Waals surface area contributed by atoms with Gasteiger partial charge in [-0.25, -0.2) is 4.79 Å². The number of imide groups is 1. The molecule has 13 nitrogen and oxygen atoms in total. The summed E-state index contributed by atoms with van der Waals surface area (Å²) in [5.41, 5.74) is -0.976. The van der Waals surface area contributed by atoms with Crippen LogP contribution in [0, 0.1) is 22.2 Å². The molecule has 3 aliphatic rings. The van der Waals surface area contributed by atoms with Crippen molar-refractivity contribution in [1.82, 2.24) is 24.5 Å². The first-order valence-corrected chi connectivity index (χ1v) is 19.5. The minimum atomic E-state index is -0.495. The molecule has 5 heterocycles. The van der Waals surface area contributed by atoms with Crippen molar-refractivity contribution >= 4 is 23.5 Å². The number of aromatic amines is 1. The van der Waals surface area contributed by atoms with Crippen molar-refractivity contribution < 1.29 is 28.4 Å². The molecule has 3 saturated heterocycles. The average molecular weight is 776 g/mol. The van der Waals surface area contributed by atoms with Crippen LogP contribution in [-0.4, -0.2) is 80.9 Å². The standard InChI is InChI=1S/C9H13NO.C9H16O2.C8H13NO2.C8H15NO.C6H10N2O2.C2H6/c1-9(2,3)10-7-5-4-6-8(10)11;1-9(2,3)8(10)4-7-5-11-6-7;1-8(2,3)7(11)9-5-4-6(9)10;1-8(2,3)7(10)9-5-4-6-9;1-6(2,3)4-7-5(9)10-8-4;1-2/h4-7H,1-3H3;7H,4-6H2,1-3H3;4-5H2,1-3H3;4-6H2,1-3H3;1-3H3,(H,7,8,9);1-2H3. The number of hydrogen-bond acceptors (Lipinski definition) is 9. The summed E-state index contributed by atoms with van der Waals surface area (Å²) < 4.78 is 11.0. The van der Waals surface area contributed by atoms with Gasteiger partial charge in [-0.05, 0) is 33.3 Å². The maximum absolute atomic E-state index is 11.4. The predicted octanol–water partition coefficient (Wildman–Crippen LogP) is 6.98. The Morgan fingerprint density at radius 1 is 0.764 bits per heavy atom. The Hall–Kier alpha value is -3.87. The van der Waals surface area contributed by atoms with E-state index in [9.17, 15) is 28.8 Å². The summed E-state index contributed by atoms with van der Waals surface area (Å²) in [5, 5.41) is 3.54. The molecule has 0 spiro atoms. The minimum Gasteiger partial charge on any atom is -0.381 e. The van der Waals surface area contributed by atoms with Crippen molar-refractivity contribution in [3.63, 3.8) is 0 Å². The molecule has 5 rings (SSSR count). The molecule has 314 valence electrons. The average Bonchev–Trinajstić information content (AvgIpc) is 3.45. The van der Waals surface area contributed by atoms with E-state index in [0.717, 1.165) is 26.3 Å². The van der Waals surface area contributed by atoms with Crippen LogP contribution in [0.4, 0.5) is 0 Å². The number of rotatable bonds is 2. The van der Waals surface area contributed by atoms with Crippen LogP contribution in [0.1, 0.15) is 143 Å². The first-order valence-electron chi connectivity index (χ1n) is 19.5. The molecule has 2 aromatic rings. The summed E-state index contributed by atoms with van der Waals surface area (Å²) in [6.07, 6.45) is 4.22. The topological polar surface area (TPSA) is 165 Å². The largest absolute Gasteiger partial charge is 0.438 e. The number of H-pyrrole nitrogens is 1. The highest BCUT2D eigenvalue weighted by molar-refractivity contribution is 6.01. The highest BCUT2D eigenvalue weighted by Gasteiger charge is 2.36. The summed E-state index contributed by atoms with van der Waals surface area (Å²) in [6, 6.07) is 5.20. The molecular weight excluding hydrogens is 702 g/mol. The van der Waals surface area contributed by atoms with Gasteiger partial charge in [0.25, 0.3) is 5.56 Å². The molecule has 3 aliphatic heterocycles. The number of amides is 3. The third-order valence-corrected chi connectivity index (χ3v) is 8.24. The van der Waals surface area contributed by atoms with Gasteiger partial charge in [0, 0.05) is 77.9 Å². The highest BCUT2D eigenvalue weighted by Crippen LogP contribution is 2.24. The van der Waals surface area contributed by atoms with E-state index in [1.54, 1.807) is 16.7 Å². The molecule has 0 bridgehead atoms. The van der Waals surface area contributed by atoms with Crippen LogP contribution in [0.5, 0.6) is 0 Å². The number of Topliss-reactive ketones (excluding diaryl/α,β-unsaturated/α-hetero) is 1. The number of pyridine rings is 1. The Morgan fingerprint density at radius 2 is 1.29 bits per heavy atom. The monoisotopic (exact) mass is 776 g/mol. The maximum Gasteiger partial charge on any atom is 0.438 e. The Morgan fingerprint density at radius 3 is 1.49 bits per heavy atom. The van der Waals surface area contributed by atoms with Crippen molar-refractivity contribution in [3.05, 3.63) is 51.1 Å². The van der Waals surface area contributed by atoms with Crippen molar-refractivity contribution in [3.8, 4) is 0 Å². The first-order chi connectivity index (χ1) is 25.0. The molecule has 0 aromatic carbocycles. The van der Waals surface area contributed by atoms with Gasteiger partial charge >= 0.3 is 5.76 Å². The smallest absolute Gasteiger partial charge is 0.381 e. The van der Waals surface area contributed by atoms with Crippen LogP contribution >= 0.6 is 0 Å². The lowest BCUT2D eigenvalue weighted by Gasteiger charge is -2.35. The summed E-state index contributed by atoms with van der Waals surface area (Å²) >= 11 is 0. The zero-order valence-corrected chi connectivity index (χ0v) is 37.1. The number of likely N-dealkylation sites (tertiary alicyclic amines) is 2. The van der Waals surface area contributed by atoms with E-state index in [1.165, 1.54) is 11.3 Å². The van der Waals surface area contributed by atoms with Crippen molar-refractivity contribution in [2.45, 2.75) is 148 Å². The molecule has 0 unspecified atom stereocenters. The second-order valence-electron chi connectivity index (χ2n) is 18.8. The number of ether oxygens (including phenoxy) is 1. The molecular formula is C42H73N5O8. The number of hydrogen-bond donors (Lipinski definition) is 1. The molecule has 0 saturated carbocycles. The number of carbonyl (C=O) groups excluding carboxylic acids is 4. The van der Waals surface area contributed by atoms with Crippen molar-refractivity contribution in [1.29, 1.82) is 0 Å². The molecule has 2 aromatic heterocycles. The summed E-state index contributed by atoms with van der Waals surface area (Å²) in [7, 11) is 0. The first kappa shape index (κ1) is 51.1. The fourth-order valence-corrected chi connectivity index (χ4v) is 4.43. The van der Waals surface area contributed by atoms with E-state index in [-0.39, 0.29) is 39.2 Å².